The minimum atomic E-state index is -0.104. The predicted molar refractivity (Wildman–Crippen MR) is 92.1 cm³/mol. The smallest absolute Gasteiger partial charge is 0.257 e. The minimum Gasteiger partial charge on any atom is -0.507 e. The molecule has 0 unspecified atom stereocenters. The Bertz CT molecular complexity index is 697. The fourth-order valence-electron chi connectivity index (χ4n) is 2.96. The summed E-state index contributed by atoms with van der Waals surface area (Å²) in [7, 11) is 0. The van der Waals surface area contributed by atoms with Gasteiger partial charge in [-0.25, -0.2) is 0 Å². The van der Waals surface area contributed by atoms with Crippen molar-refractivity contribution in [1.29, 1.82) is 0 Å². The number of anilines is 1. The third-order valence-corrected chi connectivity index (χ3v) is 4.41. The lowest BCUT2D eigenvalue weighted by Crippen LogP contribution is -2.42. The number of hydrogen-bond donors (Lipinski definition) is 2. The second kappa shape index (κ2) is 7.29. The highest BCUT2D eigenvalue weighted by molar-refractivity contribution is 5.97. The lowest BCUT2D eigenvalue weighted by atomic mass is 10.0. The molecule has 2 N–H and O–H groups in total. The summed E-state index contributed by atoms with van der Waals surface area (Å²) in [4.78, 5) is 14.4. The number of phenols is 1. The molecular formula is C18H22N4O2. The number of aromatic hydroxyl groups is 1. The van der Waals surface area contributed by atoms with Crippen molar-refractivity contribution in [2.45, 2.75) is 32.2 Å². The number of hydrogen-bond acceptors (Lipinski definition) is 5. The number of rotatable bonds is 4. The summed E-state index contributed by atoms with van der Waals surface area (Å²) >= 11 is 0. The van der Waals surface area contributed by atoms with E-state index < -0.39 is 0 Å². The van der Waals surface area contributed by atoms with Crippen LogP contribution in [0.25, 0.3) is 0 Å². The molecule has 1 saturated heterocycles. The van der Waals surface area contributed by atoms with Crippen LogP contribution in [0.4, 0.5) is 5.82 Å². The van der Waals surface area contributed by atoms with Crippen LogP contribution in [0.1, 0.15) is 35.7 Å². The molecule has 0 bridgehead atoms. The van der Waals surface area contributed by atoms with Crippen LogP contribution in [0.5, 0.6) is 5.75 Å². The highest BCUT2D eigenvalue weighted by Gasteiger charge is 2.25. The summed E-state index contributed by atoms with van der Waals surface area (Å²) in [6.45, 7) is 3.34. The van der Waals surface area contributed by atoms with E-state index in [0.29, 0.717) is 18.7 Å². The van der Waals surface area contributed by atoms with Crippen molar-refractivity contribution in [2.24, 2.45) is 0 Å². The van der Waals surface area contributed by atoms with E-state index in [9.17, 15) is 9.90 Å². The Labute approximate surface area is 141 Å². The molecule has 126 valence electrons. The normalized spacial score (nSPS) is 15.3. The van der Waals surface area contributed by atoms with Crippen LogP contribution < -0.4 is 5.32 Å². The molecule has 1 amide bonds. The summed E-state index contributed by atoms with van der Waals surface area (Å²) in [6, 6.07) is 9.31. The lowest BCUT2D eigenvalue weighted by molar-refractivity contribution is 0.0715. The van der Waals surface area contributed by atoms with Gasteiger partial charge in [-0.1, -0.05) is 13.0 Å². The first-order chi connectivity index (χ1) is 11.7. The van der Waals surface area contributed by atoms with Crippen molar-refractivity contribution in [2.75, 3.05) is 18.4 Å². The molecule has 2 heterocycles. The number of nitrogens with one attached hydrogen (secondary N) is 1. The van der Waals surface area contributed by atoms with Gasteiger partial charge in [0.05, 0.1) is 5.56 Å². The fourth-order valence-corrected chi connectivity index (χ4v) is 2.96. The van der Waals surface area contributed by atoms with Gasteiger partial charge in [0.25, 0.3) is 5.91 Å². The molecule has 1 aliphatic heterocycles. The van der Waals surface area contributed by atoms with Gasteiger partial charge < -0.3 is 15.3 Å². The summed E-state index contributed by atoms with van der Waals surface area (Å²) in [5.41, 5.74) is 1.41. The van der Waals surface area contributed by atoms with E-state index in [1.54, 1.807) is 23.2 Å². The van der Waals surface area contributed by atoms with Gasteiger partial charge in [-0.05, 0) is 49.1 Å². The SMILES string of the molecule is CCc1ccc(C(=O)N2CCC(Nc3cccnn3)CC2)c(O)c1. The van der Waals surface area contributed by atoms with Gasteiger partial charge in [-0.2, -0.15) is 5.10 Å². The number of benzene rings is 1. The number of carbonyl (C=O) groups is 1. The highest BCUT2D eigenvalue weighted by Crippen LogP contribution is 2.23. The Morgan fingerprint density at radius 2 is 2.12 bits per heavy atom. The van der Waals surface area contributed by atoms with E-state index in [-0.39, 0.29) is 17.7 Å². The number of nitrogens with zero attached hydrogens (tertiary/aromatic N) is 3. The summed E-state index contributed by atoms with van der Waals surface area (Å²) < 4.78 is 0. The topological polar surface area (TPSA) is 78.4 Å². The molecule has 0 atom stereocenters. The first-order valence-corrected chi connectivity index (χ1v) is 8.32. The average Bonchev–Trinajstić information content (AvgIpc) is 2.62. The fraction of sp³-hybridized carbons (Fsp3) is 0.389. The van der Waals surface area contributed by atoms with Crippen molar-refractivity contribution in [3.05, 3.63) is 47.7 Å². The van der Waals surface area contributed by atoms with Gasteiger partial charge in [0.15, 0.2) is 0 Å². The molecule has 6 nitrogen and oxygen atoms in total. The number of likely N-dealkylation sites (tertiary alicyclic amines) is 1. The molecule has 1 aromatic heterocycles. The maximum atomic E-state index is 12.6. The highest BCUT2D eigenvalue weighted by atomic mass is 16.3. The second-order valence-corrected chi connectivity index (χ2v) is 6.02. The van der Waals surface area contributed by atoms with Crippen LogP contribution in [-0.4, -0.2) is 45.2 Å². The van der Waals surface area contributed by atoms with E-state index in [4.69, 9.17) is 0 Å². The number of phenolic OH excluding ortho intramolecular Hbond substituents is 1. The zero-order chi connectivity index (χ0) is 16.9. The summed E-state index contributed by atoms with van der Waals surface area (Å²) in [5, 5.41) is 21.3. The van der Waals surface area contributed by atoms with Crippen LogP contribution in [0.3, 0.4) is 0 Å². The first-order valence-electron chi connectivity index (χ1n) is 8.32. The quantitative estimate of drug-likeness (QED) is 0.902. The molecule has 0 radical (unpaired) electrons. The molecule has 0 aliphatic carbocycles. The van der Waals surface area contributed by atoms with Gasteiger partial charge in [0, 0.05) is 25.3 Å². The largest absolute Gasteiger partial charge is 0.507 e. The number of aromatic nitrogens is 2. The Balaban J connectivity index is 1.59. The third kappa shape index (κ3) is 3.64. The molecule has 0 spiro atoms. The molecule has 24 heavy (non-hydrogen) atoms. The van der Waals surface area contributed by atoms with Crippen LogP contribution >= 0.6 is 0 Å². The number of piperidine rings is 1. The van der Waals surface area contributed by atoms with Gasteiger partial charge in [-0.3, -0.25) is 4.79 Å². The first kappa shape index (κ1) is 16.2. The maximum Gasteiger partial charge on any atom is 0.257 e. The lowest BCUT2D eigenvalue weighted by Gasteiger charge is -2.32. The summed E-state index contributed by atoms with van der Waals surface area (Å²) in [5.74, 6) is 0.724. The van der Waals surface area contributed by atoms with Gasteiger partial charge in [0.1, 0.15) is 11.6 Å². The number of aryl methyl sites for hydroxylation is 1. The van der Waals surface area contributed by atoms with Gasteiger partial charge in [-0.15, -0.1) is 5.10 Å². The van der Waals surface area contributed by atoms with E-state index in [1.165, 1.54) is 0 Å². The Hall–Kier alpha value is -2.63. The standard InChI is InChI=1S/C18H22N4O2/c1-2-13-5-6-15(16(23)12-13)18(24)22-10-7-14(8-11-22)20-17-4-3-9-19-21-17/h3-6,9,12,14,23H,2,7-8,10-11H2,1H3,(H,20,21). The second-order valence-electron chi connectivity index (χ2n) is 6.02. The van der Waals surface area contributed by atoms with Crippen LogP contribution in [0, 0.1) is 0 Å². The molecule has 3 rings (SSSR count). The Morgan fingerprint density at radius 3 is 2.75 bits per heavy atom. The number of carbonyl (C=O) groups excluding carboxylic acids is 1. The molecule has 1 aliphatic rings. The zero-order valence-corrected chi connectivity index (χ0v) is 13.8. The van der Waals surface area contributed by atoms with E-state index in [0.717, 1.165) is 30.6 Å². The van der Waals surface area contributed by atoms with E-state index in [2.05, 4.69) is 15.5 Å². The molecule has 1 fully saturated rings. The molecule has 6 heteroatoms. The average molecular weight is 326 g/mol. The van der Waals surface area contributed by atoms with Crippen LogP contribution in [0.15, 0.2) is 36.5 Å². The van der Waals surface area contributed by atoms with Crippen molar-refractivity contribution in [3.63, 3.8) is 0 Å². The van der Waals surface area contributed by atoms with Gasteiger partial charge >= 0.3 is 0 Å². The van der Waals surface area contributed by atoms with E-state index in [1.807, 2.05) is 25.1 Å². The van der Waals surface area contributed by atoms with Gasteiger partial charge in [0.2, 0.25) is 0 Å². The van der Waals surface area contributed by atoms with Crippen molar-refractivity contribution in [1.82, 2.24) is 15.1 Å². The number of amides is 1. The molecule has 2 aromatic rings. The molecular weight excluding hydrogens is 304 g/mol. The van der Waals surface area contributed by atoms with Crippen molar-refractivity contribution in [3.8, 4) is 5.75 Å². The Morgan fingerprint density at radius 1 is 1.33 bits per heavy atom. The maximum absolute atomic E-state index is 12.6. The third-order valence-electron chi connectivity index (χ3n) is 4.41. The monoisotopic (exact) mass is 326 g/mol. The minimum absolute atomic E-state index is 0.0687. The van der Waals surface area contributed by atoms with E-state index >= 15 is 0 Å². The van der Waals surface area contributed by atoms with Crippen LogP contribution in [-0.2, 0) is 6.42 Å². The summed E-state index contributed by atoms with van der Waals surface area (Å²) in [6.07, 6.45) is 4.16. The van der Waals surface area contributed by atoms with Crippen LogP contribution in [0.2, 0.25) is 0 Å². The zero-order valence-electron chi connectivity index (χ0n) is 13.8. The van der Waals surface area contributed by atoms with Crippen molar-refractivity contribution < 1.29 is 9.90 Å². The Kier molecular flexibility index (Phi) is 4.93. The molecule has 1 aromatic carbocycles. The van der Waals surface area contributed by atoms with Crippen molar-refractivity contribution >= 4 is 11.7 Å². The molecule has 0 saturated carbocycles. The predicted octanol–water partition coefficient (Wildman–Crippen LogP) is 2.46.